The van der Waals surface area contributed by atoms with Crippen LogP contribution in [0.25, 0.3) is 0 Å². The summed E-state index contributed by atoms with van der Waals surface area (Å²) in [5.74, 6) is 0. The Morgan fingerprint density at radius 3 is 1.81 bits per heavy atom. The van der Waals surface area contributed by atoms with E-state index in [1.165, 1.54) is 6.54 Å². The molecule has 2 atom stereocenters. The number of nitrogens with zero attached hydrogens (tertiary/aromatic N) is 2. The first-order chi connectivity index (χ1) is 7.16. The Hall–Kier alpha value is -0.0800. The van der Waals surface area contributed by atoms with E-state index in [1.54, 1.807) is 0 Å². The summed E-state index contributed by atoms with van der Waals surface area (Å²) in [6.07, 6.45) is 0.572. The van der Waals surface area contributed by atoms with Crippen molar-refractivity contribution < 1.29 is 0 Å². The minimum atomic E-state index is 0.319. The van der Waals surface area contributed by atoms with Crippen LogP contribution in [-0.2, 0) is 0 Å². The first-order valence-electron chi connectivity index (χ1n) is 6.69. The Morgan fingerprint density at radius 2 is 1.50 bits per heavy atom. The Kier molecular flexibility index (Phi) is 4.07. The van der Waals surface area contributed by atoms with Crippen LogP contribution in [0.1, 0.15) is 55.4 Å². The summed E-state index contributed by atoms with van der Waals surface area (Å²) in [7, 11) is 0. The van der Waals surface area contributed by atoms with Crippen molar-refractivity contribution in [1.29, 1.82) is 0 Å². The summed E-state index contributed by atoms with van der Waals surface area (Å²) in [4.78, 5) is 5.34. The second kappa shape index (κ2) is 4.66. The molecule has 0 N–H and O–H groups in total. The summed E-state index contributed by atoms with van der Waals surface area (Å²) in [6, 6.07) is 1.94. The van der Waals surface area contributed by atoms with E-state index in [1.807, 2.05) is 0 Å². The molecule has 2 heteroatoms. The van der Waals surface area contributed by atoms with E-state index in [0.717, 1.165) is 0 Å². The SMILES string of the molecule is CC(C)N1C[C@H](C)N(C(C)C)C1C(C)(C)C. The fourth-order valence-corrected chi connectivity index (χ4v) is 3.14. The zero-order valence-electron chi connectivity index (χ0n) is 12.4. The monoisotopic (exact) mass is 226 g/mol. The van der Waals surface area contributed by atoms with Crippen LogP contribution in [0.4, 0.5) is 0 Å². The summed E-state index contributed by atoms with van der Waals surface area (Å²) in [5.41, 5.74) is 0.319. The molecule has 0 aromatic heterocycles. The zero-order valence-corrected chi connectivity index (χ0v) is 12.4. The van der Waals surface area contributed by atoms with Gasteiger partial charge in [0.25, 0.3) is 0 Å². The van der Waals surface area contributed by atoms with Gasteiger partial charge in [0.1, 0.15) is 0 Å². The molecule has 2 nitrogen and oxygen atoms in total. The standard InChI is InChI=1S/C14H30N2/c1-10(2)15-9-12(5)16(11(3)4)13(15)14(6,7)8/h10-13H,9H2,1-8H3/t12-,13?/m0/s1. The van der Waals surface area contributed by atoms with Crippen molar-refractivity contribution in [3.63, 3.8) is 0 Å². The van der Waals surface area contributed by atoms with Crippen LogP contribution in [-0.4, -0.2) is 40.6 Å². The maximum Gasteiger partial charge on any atom is 0.0680 e. The van der Waals surface area contributed by atoms with Crippen LogP contribution in [0.3, 0.4) is 0 Å². The second-order valence-corrected chi connectivity index (χ2v) is 6.92. The summed E-state index contributed by atoms with van der Waals surface area (Å²) < 4.78 is 0. The normalized spacial score (nSPS) is 29.6. The zero-order chi connectivity index (χ0) is 12.7. The lowest BCUT2D eigenvalue weighted by Gasteiger charge is -2.43. The molecule has 16 heavy (non-hydrogen) atoms. The van der Waals surface area contributed by atoms with E-state index < -0.39 is 0 Å². The van der Waals surface area contributed by atoms with Crippen LogP contribution < -0.4 is 0 Å². The molecule has 0 bridgehead atoms. The molecular weight excluding hydrogens is 196 g/mol. The molecule has 1 heterocycles. The predicted molar refractivity (Wildman–Crippen MR) is 71.5 cm³/mol. The molecule has 1 saturated heterocycles. The Bertz CT molecular complexity index is 227. The minimum Gasteiger partial charge on any atom is -0.283 e. The van der Waals surface area contributed by atoms with Gasteiger partial charge in [0.05, 0.1) is 6.17 Å². The highest BCUT2D eigenvalue weighted by Gasteiger charge is 2.45. The van der Waals surface area contributed by atoms with E-state index >= 15 is 0 Å². The van der Waals surface area contributed by atoms with Crippen LogP contribution in [0.5, 0.6) is 0 Å². The van der Waals surface area contributed by atoms with Gasteiger partial charge in [-0.3, -0.25) is 9.80 Å². The highest BCUT2D eigenvalue weighted by Crippen LogP contribution is 2.36. The van der Waals surface area contributed by atoms with Gasteiger partial charge in [-0.2, -0.15) is 0 Å². The van der Waals surface area contributed by atoms with Crippen molar-refractivity contribution in [2.45, 2.75) is 79.7 Å². The first-order valence-corrected chi connectivity index (χ1v) is 6.69. The van der Waals surface area contributed by atoms with Gasteiger partial charge in [-0.1, -0.05) is 20.8 Å². The van der Waals surface area contributed by atoms with Gasteiger partial charge in [0.15, 0.2) is 0 Å². The van der Waals surface area contributed by atoms with Gasteiger partial charge in [0.2, 0.25) is 0 Å². The number of rotatable bonds is 2. The number of hydrogen-bond donors (Lipinski definition) is 0. The van der Waals surface area contributed by atoms with Gasteiger partial charge in [-0.15, -0.1) is 0 Å². The molecule has 0 saturated carbocycles. The van der Waals surface area contributed by atoms with Crippen LogP contribution >= 0.6 is 0 Å². The average molecular weight is 226 g/mol. The molecule has 0 aromatic carbocycles. The van der Waals surface area contributed by atoms with Crippen molar-refractivity contribution in [2.24, 2.45) is 5.41 Å². The van der Waals surface area contributed by atoms with Crippen LogP contribution in [0.2, 0.25) is 0 Å². The number of hydrogen-bond acceptors (Lipinski definition) is 2. The smallest absolute Gasteiger partial charge is 0.0680 e. The predicted octanol–water partition coefficient (Wildman–Crippen LogP) is 3.18. The third kappa shape index (κ3) is 2.60. The van der Waals surface area contributed by atoms with Crippen molar-refractivity contribution in [2.75, 3.05) is 6.54 Å². The molecule has 0 aromatic rings. The fourth-order valence-electron chi connectivity index (χ4n) is 3.14. The van der Waals surface area contributed by atoms with E-state index in [2.05, 4.69) is 65.2 Å². The molecule has 0 radical (unpaired) electrons. The van der Waals surface area contributed by atoms with Gasteiger partial charge >= 0.3 is 0 Å². The highest BCUT2D eigenvalue weighted by atomic mass is 15.5. The highest BCUT2D eigenvalue weighted by molar-refractivity contribution is 4.96. The molecule has 1 fully saturated rings. The molecule has 0 amide bonds. The third-order valence-electron chi connectivity index (χ3n) is 3.61. The largest absolute Gasteiger partial charge is 0.283 e. The summed E-state index contributed by atoms with van der Waals surface area (Å²) in [6.45, 7) is 19.9. The van der Waals surface area contributed by atoms with Gasteiger partial charge in [0, 0.05) is 24.7 Å². The molecule has 1 aliphatic rings. The molecule has 0 spiro atoms. The Balaban J connectivity index is 3.01. The Labute approximate surface area is 102 Å². The fraction of sp³-hybridized carbons (Fsp3) is 1.00. The molecular formula is C14H30N2. The minimum absolute atomic E-state index is 0.319. The van der Waals surface area contributed by atoms with Crippen molar-refractivity contribution in [3.05, 3.63) is 0 Å². The third-order valence-corrected chi connectivity index (χ3v) is 3.61. The van der Waals surface area contributed by atoms with Crippen molar-refractivity contribution in [3.8, 4) is 0 Å². The lowest BCUT2D eigenvalue weighted by molar-refractivity contribution is -0.00133. The quantitative estimate of drug-likeness (QED) is 0.713. The maximum atomic E-state index is 2.68. The lowest BCUT2D eigenvalue weighted by Crippen LogP contribution is -2.52. The molecule has 96 valence electrons. The average Bonchev–Trinajstić information content (AvgIpc) is 2.41. The molecule has 1 unspecified atom stereocenters. The van der Waals surface area contributed by atoms with Crippen LogP contribution in [0.15, 0.2) is 0 Å². The summed E-state index contributed by atoms with van der Waals surface area (Å²) >= 11 is 0. The van der Waals surface area contributed by atoms with Gasteiger partial charge in [-0.05, 0) is 40.0 Å². The van der Waals surface area contributed by atoms with E-state index in [4.69, 9.17) is 0 Å². The van der Waals surface area contributed by atoms with Gasteiger partial charge in [-0.25, -0.2) is 0 Å². The molecule has 1 rings (SSSR count). The lowest BCUT2D eigenvalue weighted by atomic mass is 9.90. The maximum absolute atomic E-state index is 2.68. The first kappa shape index (κ1) is 14.0. The van der Waals surface area contributed by atoms with Gasteiger partial charge < -0.3 is 0 Å². The van der Waals surface area contributed by atoms with E-state index in [9.17, 15) is 0 Å². The van der Waals surface area contributed by atoms with Crippen molar-refractivity contribution in [1.82, 2.24) is 9.80 Å². The summed E-state index contributed by atoms with van der Waals surface area (Å²) in [5, 5.41) is 0. The topological polar surface area (TPSA) is 6.48 Å². The molecule has 0 aliphatic carbocycles. The van der Waals surface area contributed by atoms with E-state index in [0.29, 0.717) is 29.7 Å². The van der Waals surface area contributed by atoms with Crippen molar-refractivity contribution >= 4 is 0 Å². The van der Waals surface area contributed by atoms with Crippen LogP contribution in [0, 0.1) is 5.41 Å². The Morgan fingerprint density at radius 1 is 1.00 bits per heavy atom. The second-order valence-electron chi connectivity index (χ2n) is 6.92. The van der Waals surface area contributed by atoms with E-state index in [-0.39, 0.29) is 0 Å². The molecule has 1 aliphatic heterocycles.